The summed E-state index contributed by atoms with van der Waals surface area (Å²) in [5.41, 5.74) is 1.65. The highest BCUT2D eigenvalue weighted by atomic mass is 16.5. The van der Waals surface area contributed by atoms with E-state index in [0.29, 0.717) is 59.1 Å². The first kappa shape index (κ1) is 33.1. The highest BCUT2D eigenvalue weighted by molar-refractivity contribution is 6.41. The van der Waals surface area contributed by atoms with Crippen molar-refractivity contribution in [3.63, 3.8) is 0 Å². The number of benzene rings is 5. The van der Waals surface area contributed by atoms with Gasteiger partial charge in [0.1, 0.15) is 0 Å². The van der Waals surface area contributed by atoms with Crippen molar-refractivity contribution in [2.75, 3.05) is 26.3 Å². The van der Waals surface area contributed by atoms with Gasteiger partial charge in [-0.2, -0.15) is 0 Å². The van der Waals surface area contributed by atoms with Gasteiger partial charge in [0.05, 0.1) is 13.2 Å². The molecule has 10 heteroatoms. The number of esters is 2. The van der Waals surface area contributed by atoms with E-state index in [-0.39, 0.29) is 37.9 Å². The van der Waals surface area contributed by atoms with Crippen LogP contribution < -0.4 is 0 Å². The average Bonchev–Trinajstić information content (AvgIpc) is 3.12. The van der Waals surface area contributed by atoms with E-state index in [4.69, 9.17) is 9.47 Å². The van der Waals surface area contributed by atoms with Gasteiger partial charge in [-0.3, -0.25) is 38.6 Å². The number of rotatable bonds is 14. The van der Waals surface area contributed by atoms with E-state index in [1.54, 1.807) is 24.3 Å². The van der Waals surface area contributed by atoms with Crippen LogP contribution in [0, 0.1) is 0 Å². The number of ether oxygens (including phenoxy) is 2. The van der Waals surface area contributed by atoms with Crippen LogP contribution in [-0.2, 0) is 19.1 Å². The van der Waals surface area contributed by atoms with Crippen molar-refractivity contribution in [2.45, 2.75) is 65.2 Å². The largest absolute Gasteiger partial charge is 0.466 e. The van der Waals surface area contributed by atoms with Crippen molar-refractivity contribution >= 4 is 78.7 Å². The average molecular weight is 675 g/mol. The standard InChI is InChI=1S/C40H38N2O8/c1-3-5-21-49-31(43)9-7-19-41-37(45)27-15-11-23-25-13-17-29-36-30(40(48)42(39(29)47)20-8-10-32(44)50-22-6-4-2)18-14-26(34(25)36)24-12-16-28(38(41)46)35(27)33(23)24/h11-18H,3-10,19-22H2,1-2H3. The van der Waals surface area contributed by atoms with Crippen LogP contribution in [0.1, 0.15) is 107 Å². The second-order valence-electron chi connectivity index (χ2n) is 13.0. The molecule has 0 unspecified atom stereocenters. The normalized spacial score (nSPS) is 14.2. The molecule has 2 heterocycles. The van der Waals surface area contributed by atoms with Gasteiger partial charge in [-0.1, -0.05) is 51.0 Å². The lowest BCUT2D eigenvalue weighted by molar-refractivity contribution is -0.144. The monoisotopic (exact) mass is 674 g/mol. The third kappa shape index (κ3) is 5.43. The highest BCUT2D eigenvalue weighted by Gasteiger charge is 2.36. The van der Waals surface area contributed by atoms with Crippen LogP contribution >= 0.6 is 0 Å². The third-order valence-corrected chi connectivity index (χ3v) is 9.85. The minimum atomic E-state index is -0.410. The van der Waals surface area contributed by atoms with Crippen molar-refractivity contribution in [1.29, 1.82) is 0 Å². The molecule has 10 nitrogen and oxygen atoms in total. The van der Waals surface area contributed by atoms with E-state index in [2.05, 4.69) is 0 Å². The summed E-state index contributed by atoms with van der Waals surface area (Å²) in [5.74, 6) is -2.33. The number of hydrogen-bond acceptors (Lipinski definition) is 8. The SMILES string of the molecule is CCCCOC(=O)CCCN1C(=O)c2ccc3c4ccc5c6c(ccc(c7ccc(c2c37)C1=O)c64)C(=O)N(CCCC(=O)OCCCC)C5=O. The molecule has 0 aliphatic carbocycles. The molecule has 5 aromatic carbocycles. The maximum atomic E-state index is 13.8. The lowest BCUT2D eigenvalue weighted by Crippen LogP contribution is -2.41. The Hall–Kier alpha value is -5.38. The number of imide groups is 2. The van der Waals surface area contributed by atoms with Gasteiger partial charge in [0, 0.05) is 59.0 Å². The van der Waals surface area contributed by atoms with Crippen LogP contribution in [0.3, 0.4) is 0 Å². The summed E-state index contributed by atoms with van der Waals surface area (Å²) < 4.78 is 10.4. The predicted molar refractivity (Wildman–Crippen MR) is 189 cm³/mol. The Bertz CT molecular complexity index is 1960. The zero-order valence-electron chi connectivity index (χ0n) is 28.3. The molecule has 0 N–H and O–H groups in total. The highest BCUT2D eigenvalue weighted by Crippen LogP contribution is 2.46. The Morgan fingerprint density at radius 1 is 0.480 bits per heavy atom. The van der Waals surface area contributed by atoms with Crippen molar-refractivity contribution < 1.29 is 38.2 Å². The van der Waals surface area contributed by atoms with Crippen LogP contribution in [0.25, 0.3) is 43.1 Å². The van der Waals surface area contributed by atoms with E-state index in [1.165, 1.54) is 9.80 Å². The molecule has 0 radical (unpaired) electrons. The first-order valence-electron chi connectivity index (χ1n) is 17.5. The molecule has 0 atom stereocenters. The number of amides is 4. The summed E-state index contributed by atoms with van der Waals surface area (Å²) in [6.07, 6.45) is 4.24. The van der Waals surface area contributed by atoms with Crippen molar-refractivity contribution in [3.05, 3.63) is 70.8 Å². The molecule has 0 spiro atoms. The van der Waals surface area contributed by atoms with E-state index in [1.807, 2.05) is 38.1 Å². The van der Waals surface area contributed by atoms with Gasteiger partial charge in [-0.15, -0.1) is 0 Å². The van der Waals surface area contributed by atoms with Crippen LogP contribution in [0.15, 0.2) is 48.5 Å². The van der Waals surface area contributed by atoms with Gasteiger partial charge in [-0.25, -0.2) is 0 Å². The van der Waals surface area contributed by atoms with Gasteiger partial charge >= 0.3 is 11.9 Å². The Morgan fingerprint density at radius 2 is 0.800 bits per heavy atom. The summed E-state index contributed by atoms with van der Waals surface area (Å²) in [5, 5.41) is 5.95. The molecule has 4 amide bonds. The fourth-order valence-electron chi connectivity index (χ4n) is 7.34. The molecule has 0 aromatic heterocycles. The molecule has 256 valence electrons. The number of hydrogen-bond donors (Lipinski definition) is 0. The van der Waals surface area contributed by atoms with Crippen LogP contribution in [0.2, 0.25) is 0 Å². The van der Waals surface area contributed by atoms with Crippen LogP contribution in [0.4, 0.5) is 0 Å². The molecule has 0 bridgehead atoms. The minimum absolute atomic E-state index is 0.0980. The first-order valence-corrected chi connectivity index (χ1v) is 17.5. The lowest BCUT2D eigenvalue weighted by Gasteiger charge is -2.30. The maximum absolute atomic E-state index is 13.8. The Kier molecular flexibility index (Phi) is 8.94. The topological polar surface area (TPSA) is 127 Å². The molecule has 2 aliphatic heterocycles. The molecule has 7 rings (SSSR count). The summed E-state index contributed by atoms with van der Waals surface area (Å²) in [6.45, 7) is 4.94. The Labute approximate surface area is 288 Å². The molecule has 5 aromatic rings. The lowest BCUT2D eigenvalue weighted by atomic mass is 9.82. The fraction of sp³-hybridized carbons (Fsp3) is 0.350. The summed E-state index contributed by atoms with van der Waals surface area (Å²) in [7, 11) is 0. The van der Waals surface area contributed by atoms with Gasteiger partial charge in [-0.05, 0) is 82.3 Å². The fourth-order valence-corrected chi connectivity index (χ4v) is 7.34. The molecule has 0 saturated heterocycles. The summed E-state index contributed by atoms with van der Waals surface area (Å²) >= 11 is 0. The van der Waals surface area contributed by atoms with Crippen molar-refractivity contribution in [1.82, 2.24) is 9.80 Å². The molecule has 0 saturated carbocycles. The smallest absolute Gasteiger partial charge is 0.305 e. The minimum Gasteiger partial charge on any atom is -0.466 e. The molecular formula is C40H38N2O8. The van der Waals surface area contributed by atoms with Crippen LogP contribution in [0.5, 0.6) is 0 Å². The van der Waals surface area contributed by atoms with E-state index in [9.17, 15) is 28.8 Å². The first-order chi connectivity index (χ1) is 24.3. The van der Waals surface area contributed by atoms with Gasteiger partial charge in [0.2, 0.25) is 0 Å². The van der Waals surface area contributed by atoms with Gasteiger partial charge < -0.3 is 9.47 Å². The summed E-state index contributed by atoms with van der Waals surface area (Å²) in [6, 6.07) is 14.4. The number of carbonyl (C=O) groups is 6. The molecule has 0 fully saturated rings. The second-order valence-corrected chi connectivity index (χ2v) is 13.0. The van der Waals surface area contributed by atoms with Gasteiger partial charge in [0.25, 0.3) is 23.6 Å². The van der Waals surface area contributed by atoms with Crippen molar-refractivity contribution in [2.24, 2.45) is 0 Å². The Morgan fingerprint density at radius 3 is 1.10 bits per heavy atom. The quantitative estimate of drug-likeness (QED) is 0.0399. The Balaban J connectivity index is 1.22. The van der Waals surface area contributed by atoms with E-state index >= 15 is 0 Å². The number of unbranched alkanes of at least 4 members (excludes halogenated alkanes) is 2. The molecular weight excluding hydrogens is 636 g/mol. The predicted octanol–water partition coefficient (Wildman–Crippen LogP) is 7.18. The zero-order chi connectivity index (χ0) is 35.1. The third-order valence-electron chi connectivity index (χ3n) is 9.85. The van der Waals surface area contributed by atoms with E-state index in [0.717, 1.165) is 58.0 Å². The van der Waals surface area contributed by atoms with Crippen LogP contribution in [-0.4, -0.2) is 71.7 Å². The molecule has 2 aliphatic rings. The molecule has 50 heavy (non-hydrogen) atoms. The van der Waals surface area contributed by atoms with E-state index < -0.39 is 23.6 Å². The number of nitrogens with zero attached hydrogens (tertiary/aromatic N) is 2. The zero-order valence-corrected chi connectivity index (χ0v) is 28.3. The maximum Gasteiger partial charge on any atom is 0.305 e. The van der Waals surface area contributed by atoms with Gasteiger partial charge in [0.15, 0.2) is 0 Å². The number of carbonyl (C=O) groups excluding carboxylic acids is 6. The number of fused-ring (bicyclic) bond motifs is 2. The second kappa shape index (κ2) is 13.5. The summed E-state index contributed by atoms with van der Waals surface area (Å²) in [4.78, 5) is 81.7. The van der Waals surface area contributed by atoms with Crippen molar-refractivity contribution in [3.8, 4) is 0 Å².